The largest absolute Gasteiger partial charge is 0.307 e. The molecule has 1 aliphatic heterocycles. The Morgan fingerprint density at radius 3 is 3.00 bits per heavy atom. The number of hydrogen-bond donors (Lipinski definition) is 1. The fraction of sp³-hybridized carbons (Fsp3) is 0.455. The number of Topliss-reactive ketones (excluding diaryl/α,β-unsaturated/α-hetero) is 1. The van der Waals surface area contributed by atoms with E-state index in [9.17, 15) is 4.79 Å². The molecule has 14 heavy (non-hydrogen) atoms. The van der Waals surface area contributed by atoms with E-state index in [0.29, 0.717) is 12.2 Å². The van der Waals surface area contributed by atoms with Gasteiger partial charge in [0, 0.05) is 24.9 Å². The summed E-state index contributed by atoms with van der Waals surface area (Å²) < 4.78 is 0. The summed E-state index contributed by atoms with van der Waals surface area (Å²) in [6.45, 7) is 2.78. The quantitative estimate of drug-likeness (QED) is 0.752. The van der Waals surface area contributed by atoms with Gasteiger partial charge < -0.3 is 5.32 Å². The molecule has 0 radical (unpaired) electrons. The van der Waals surface area contributed by atoms with Crippen LogP contribution in [-0.4, -0.2) is 23.4 Å². The van der Waals surface area contributed by atoms with Crippen molar-refractivity contribution in [2.24, 2.45) is 0 Å². The molecular formula is C11H14N2O. The maximum Gasteiger partial charge on any atom is 0.151 e. The number of carbonyl (C=O) groups is 1. The second-order valence-electron chi connectivity index (χ2n) is 3.73. The van der Waals surface area contributed by atoms with Crippen molar-refractivity contribution >= 4 is 5.78 Å². The van der Waals surface area contributed by atoms with E-state index in [1.165, 1.54) is 0 Å². The van der Waals surface area contributed by atoms with Crippen LogP contribution < -0.4 is 5.32 Å². The van der Waals surface area contributed by atoms with Gasteiger partial charge in [-0.2, -0.15) is 0 Å². The van der Waals surface area contributed by atoms with Crippen LogP contribution in [0.25, 0.3) is 0 Å². The van der Waals surface area contributed by atoms with E-state index < -0.39 is 0 Å². The molecule has 1 unspecified atom stereocenters. The highest BCUT2D eigenvalue weighted by Crippen LogP contribution is 2.08. The van der Waals surface area contributed by atoms with Crippen molar-refractivity contribution in [2.45, 2.75) is 25.8 Å². The maximum absolute atomic E-state index is 11.4. The van der Waals surface area contributed by atoms with Gasteiger partial charge in [-0.1, -0.05) is 6.07 Å². The lowest BCUT2D eigenvalue weighted by Crippen LogP contribution is -2.29. The standard InChI is InChI=1S/C11H14N2O/c1-8-2-3-9(7-13-8)6-10-11(14)4-5-12-10/h2-3,7,10,12H,4-6H2,1H3. The number of aromatic nitrogens is 1. The van der Waals surface area contributed by atoms with E-state index in [2.05, 4.69) is 10.3 Å². The lowest BCUT2D eigenvalue weighted by atomic mass is 10.1. The van der Waals surface area contributed by atoms with E-state index >= 15 is 0 Å². The van der Waals surface area contributed by atoms with E-state index in [1.54, 1.807) is 0 Å². The lowest BCUT2D eigenvalue weighted by molar-refractivity contribution is -0.118. The van der Waals surface area contributed by atoms with Gasteiger partial charge >= 0.3 is 0 Å². The molecule has 0 aliphatic carbocycles. The zero-order chi connectivity index (χ0) is 9.97. The van der Waals surface area contributed by atoms with Crippen molar-refractivity contribution in [3.8, 4) is 0 Å². The molecule has 1 fully saturated rings. The van der Waals surface area contributed by atoms with Gasteiger partial charge in [0.1, 0.15) is 0 Å². The zero-order valence-corrected chi connectivity index (χ0v) is 8.29. The molecule has 3 heteroatoms. The number of carbonyl (C=O) groups excluding carboxylic acids is 1. The molecule has 2 rings (SSSR count). The number of rotatable bonds is 2. The van der Waals surface area contributed by atoms with Crippen LogP contribution in [0.1, 0.15) is 17.7 Å². The summed E-state index contributed by atoms with van der Waals surface area (Å²) in [5, 5.41) is 3.19. The molecule has 0 amide bonds. The summed E-state index contributed by atoms with van der Waals surface area (Å²) in [5.74, 6) is 0.325. The SMILES string of the molecule is Cc1ccc(CC2NCCC2=O)cn1. The van der Waals surface area contributed by atoms with Gasteiger partial charge in [0.05, 0.1) is 6.04 Å². The van der Waals surface area contributed by atoms with Crippen molar-refractivity contribution in [2.75, 3.05) is 6.54 Å². The Bertz CT molecular complexity index is 332. The average molecular weight is 190 g/mol. The van der Waals surface area contributed by atoms with E-state index in [-0.39, 0.29) is 6.04 Å². The van der Waals surface area contributed by atoms with Crippen molar-refractivity contribution in [3.63, 3.8) is 0 Å². The highest BCUT2D eigenvalue weighted by atomic mass is 16.1. The predicted octanol–water partition coefficient (Wildman–Crippen LogP) is 0.864. The summed E-state index contributed by atoms with van der Waals surface area (Å²) in [4.78, 5) is 15.6. The molecule has 1 N–H and O–H groups in total. The fourth-order valence-corrected chi connectivity index (χ4v) is 1.70. The van der Waals surface area contributed by atoms with Gasteiger partial charge in [0.2, 0.25) is 0 Å². The molecule has 1 aromatic rings. The van der Waals surface area contributed by atoms with Crippen LogP contribution in [0.2, 0.25) is 0 Å². The van der Waals surface area contributed by atoms with Crippen LogP contribution in [0.4, 0.5) is 0 Å². The number of hydrogen-bond acceptors (Lipinski definition) is 3. The molecule has 2 heterocycles. The third-order valence-corrected chi connectivity index (χ3v) is 2.56. The second kappa shape index (κ2) is 3.88. The molecule has 1 atom stereocenters. The summed E-state index contributed by atoms with van der Waals surface area (Å²) in [7, 11) is 0. The third kappa shape index (κ3) is 1.99. The Labute approximate surface area is 83.5 Å². The minimum absolute atomic E-state index is 0.0134. The Morgan fingerprint density at radius 2 is 2.43 bits per heavy atom. The van der Waals surface area contributed by atoms with Gasteiger partial charge in [-0.25, -0.2) is 0 Å². The number of aryl methyl sites for hydroxylation is 1. The van der Waals surface area contributed by atoms with Crippen LogP contribution in [0.15, 0.2) is 18.3 Å². The average Bonchev–Trinajstić information content (AvgIpc) is 2.56. The smallest absolute Gasteiger partial charge is 0.151 e. The molecule has 1 saturated heterocycles. The van der Waals surface area contributed by atoms with Gasteiger partial charge in [0.15, 0.2) is 5.78 Å². The highest BCUT2D eigenvalue weighted by Gasteiger charge is 2.23. The van der Waals surface area contributed by atoms with E-state index in [1.807, 2.05) is 25.3 Å². The topological polar surface area (TPSA) is 42.0 Å². The molecular weight excluding hydrogens is 176 g/mol. The summed E-state index contributed by atoms with van der Waals surface area (Å²) in [6.07, 6.45) is 3.29. The van der Waals surface area contributed by atoms with Gasteiger partial charge in [-0.05, 0) is 25.0 Å². The number of nitrogens with zero attached hydrogens (tertiary/aromatic N) is 1. The maximum atomic E-state index is 11.4. The fourth-order valence-electron chi connectivity index (χ4n) is 1.70. The molecule has 74 valence electrons. The van der Waals surface area contributed by atoms with Crippen LogP contribution >= 0.6 is 0 Å². The molecule has 0 bridgehead atoms. The zero-order valence-electron chi connectivity index (χ0n) is 8.29. The monoisotopic (exact) mass is 190 g/mol. The summed E-state index contributed by atoms with van der Waals surface area (Å²) in [5.41, 5.74) is 2.14. The first-order chi connectivity index (χ1) is 6.75. The summed E-state index contributed by atoms with van der Waals surface area (Å²) in [6, 6.07) is 4.03. The van der Waals surface area contributed by atoms with Crippen LogP contribution in [0.3, 0.4) is 0 Å². The van der Waals surface area contributed by atoms with Crippen molar-refractivity contribution in [1.82, 2.24) is 10.3 Å². The first-order valence-electron chi connectivity index (χ1n) is 4.93. The minimum Gasteiger partial charge on any atom is -0.307 e. The molecule has 0 spiro atoms. The van der Waals surface area contributed by atoms with E-state index in [4.69, 9.17) is 0 Å². The minimum atomic E-state index is 0.0134. The molecule has 3 nitrogen and oxygen atoms in total. The number of pyridine rings is 1. The predicted molar refractivity (Wildman–Crippen MR) is 54.1 cm³/mol. The molecule has 0 aromatic carbocycles. The lowest BCUT2D eigenvalue weighted by Gasteiger charge is -2.08. The van der Waals surface area contributed by atoms with E-state index in [0.717, 1.165) is 24.2 Å². The van der Waals surface area contributed by atoms with Gasteiger partial charge in [0.25, 0.3) is 0 Å². The Kier molecular flexibility index (Phi) is 2.59. The van der Waals surface area contributed by atoms with Crippen LogP contribution in [-0.2, 0) is 11.2 Å². The normalized spacial score (nSPS) is 21.5. The molecule has 1 aliphatic rings. The first kappa shape index (κ1) is 9.34. The van der Waals surface area contributed by atoms with Gasteiger partial charge in [-0.3, -0.25) is 9.78 Å². The van der Waals surface area contributed by atoms with Crippen LogP contribution in [0.5, 0.6) is 0 Å². The summed E-state index contributed by atoms with van der Waals surface area (Å²) >= 11 is 0. The second-order valence-corrected chi connectivity index (χ2v) is 3.73. The van der Waals surface area contributed by atoms with Crippen molar-refractivity contribution in [1.29, 1.82) is 0 Å². The van der Waals surface area contributed by atoms with Crippen molar-refractivity contribution in [3.05, 3.63) is 29.6 Å². The number of ketones is 1. The first-order valence-corrected chi connectivity index (χ1v) is 4.93. The Balaban J connectivity index is 2.03. The van der Waals surface area contributed by atoms with Crippen molar-refractivity contribution < 1.29 is 4.79 Å². The highest BCUT2D eigenvalue weighted by molar-refractivity contribution is 5.86. The third-order valence-electron chi connectivity index (χ3n) is 2.56. The number of nitrogens with one attached hydrogen (secondary N) is 1. The molecule has 0 saturated carbocycles. The Hall–Kier alpha value is -1.22. The van der Waals surface area contributed by atoms with Crippen LogP contribution in [0, 0.1) is 6.92 Å². The Morgan fingerprint density at radius 1 is 1.57 bits per heavy atom. The molecule has 1 aromatic heterocycles. The van der Waals surface area contributed by atoms with Gasteiger partial charge in [-0.15, -0.1) is 0 Å².